The van der Waals surface area contributed by atoms with Gasteiger partial charge in [-0.3, -0.25) is 14.9 Å². The van der Waals surface area contributed by atoms with E-state index in [1.54, 1.807) is 4.57 Å². The number of aromatic nitrogens is 1. The summed E-state index contributed by atoms with van der Waals surface area (Å²) < 4.78 is 2.74. The lowest BCUT2D eigenvalue weighted by Crippen LogP contribution is -2.16. The zero-order valence-electron chi connectivity index (χ0n) is 11.6. The first kappa shape index (κ1) is 15.1. The molecule has 1 aromatic carbocycles. The van der Waals surface area contributed by atoms with E-state index in [0.29, 0.717) is 11.3 Å². The number of carbonyl (C=O) groups excluding carboxylic acids is 1. The highest BCUT2D eigenvalue weighted by Crippen LogP contribution is 2.24. The third-order valence-corrected chi connectivity index (χ3v) is 5.10. The zero-order chi connectivity index (χ0) is 16.4. The normalized spacial score (nSPS) is 11.5. The molecule has 0 fully saturated rings. The number of thiophene rings is 1. The van der Waals surface area contributed by atoms with Gasteiger partial charge in [0.15, 0.2) is 4.80 Å². The molecule has 2 aromatic heterocycles. The fraction of sp³-hybridized carbons (Fsp3) is 0.0667. The topological polar surface area (TPSA) is 77.5 Å². The van der Waals surface area contributed by atoms with Gasteiger partial charge in [0, 0.05) is 6.07 Å². The predicted octanol–water partition coefficient (Wildman–Crippen LogP) is 3.05. The Balaban J connectivity index is 2.09. The number of benzene rings is 1. The Morgan fingerprint density at radius 3 is 2.78 bits per heavy atom. The Morgan fingerprint density at radius 2 is 2.09 bits per heavy atom. The van der Waals surface area contributed by atoms with Gasteiger partial charge in [0.1, 0.15) is 4.88 Å². The Labute approximate surface area is 138 Å². The van der Waals surface area contributed by atoms with Crippen LogP contribution in [0.2, 0.25) is 0 Å². The first-order valence-electron chi connectivity index (χ1n) is 6.45. The van der Waals surface area contributed by atoms with Crippen molar-refractivity contribution in [1.82, 2.24) is 4.57 Å². The molecule has 0 spiro atoms. The molecule has 0 bridgehead atoms. The standard InChI is InChI=1S/C15H9N3O3S2/c1-2-9-17-10-5-3-4-6-11(10)23-15(17)16-14(19)12-7-8-13(22-12)18(20)21/h1,3-8H,9H2. The second-order valence-corrected chi connectivity index (χ2v) is 6.53. The maximum Gasteiger partial charge on any atom is 0.324 e. The van der Waals surface area contributed by atoms with E-state index in [4.69, 9.17) is 6.42 Å². The van der Waals surface area contributed by atoms with Crippen molar-refractivity contribution in [3.8, 4) is 12.3 Å². The maximum atomic E-state index is 12.2. The molecule has 0 radical (unpaired) electrons. The summed E-state index contributed by atoms with van der Waals surface area (Å²) in [6.45, 7) is 0.292. The Morgan fingerprint density at radius 1 is 1.30 bits per heavy atom. The third kappa shape index (κ3) is 2.92. The summed E-state index contributed by atoms with van der Waals surface area (Å²) in [6, 6.07) is 10.3. The molecule has 6 nitrogen and oxygen atoms in total. The third-order valence-electron chi connectivity index (χ3n) is 3.02. The summed E-state index contributed by atoms with van der Waals surface area (Å²) in [5.41, 5.74) is 0.902. The van der Waals surface area contributed by atoms with E-state index in [-0.39, 0.29) is 9.88 Å². The van der Waals surface area contributed by atoms with Crippen LogP contribution < -0.4 is 4.80 Å². The number of fused-ring (bicyclic) bond motifs is 1. The van der Waals surface area contributed by atoms with Crippen molar-refractivity contribution in [2.75, 3.05) is 0 Å². The molecule has 23 heavy (non-hydrogen) atoms. The molecule has 0 unspecified atom stereocenters. The van der Waals surface area contributed by atoms with Crippen molar-refractivity contribution in [3.05, 3.63) is 56.2 Å². The molecule has 8 heteroatoms. The maximum absolute atomic E-state index is 12.2. The molecule has 3 rings (SSSR count). The molecule has 0 N–H and O–H groups in total. The molecule has 0 atom stereocenters. The van der Waals surface area contributed by atoms with Gasteiger partial charge in [-0.1, -0.05) is 40.7 Å². The van der Waals surface area contributed by atoms with E-state index in [0.717, 1.165) is 21.6 Å². The fourth-order valence-electron chi connectivity index (χ4n) is 2.03. The number of carbonyl (C=O) groups is 1. The van der Waals surface area contributed by atoms with E-state index in [1.807, 2.05) is 24.3 Å². The number of rotatable bonds is 3. The van der Waals surface area contributed by atoms with Crippen LogP contribution in [0.25, 0.3) is 10.2 Å². The van der Waals surface area contributed by atoms with Crippen molar-refractivity contribution in [3.63, 3.8) is 0 Å². The van der Waals surface area contributed by atoms with Crippen LogP contribution in [-0.4, -0.2) is 15.4 Å². The average molecular weight is 343 g/mol. The first-order chi connectivity index (χ1) is 11.1. The SMILES string of the molecule is C#CCn1c(=NC(=O)c2ccc([N+](=O)[O-])s2)sc2ccccc21. The summed E-state index contributed by atoms with van der Waals surface area (Å²) in [6.07, 6.45) is 5.39. The summed E-state index contributed by atoms with van der Waals surface area (Å²) >= 11 is 2.16. The van der Waals surface area contributed by atoms with Crippen LogP contribution in [0.3, 0.4) is 0 Å². The second-order valence-electron chi connectivity index (χ2n) is 4.45. The quantitative estimate of drug-likeness (QED) is 0.416. The van der Waals surface area contributed by atoms with E-state index < -0.39 is 10.8 Å². The van der Waals surface area contributed by atoms with Gasteiger partial charge >= 0.3 is 5.00 Å². The van der Waals surface area contributed by atoms with E-state index in [9.17, 15) is 14.9 Å². The van der Waals surface area contributed by atoms with Crippen molar-refractivity contribution < 1.29 is 9.72 Å². The first-order valence-corrected chi connectivity index (χ1v) is 8.08. The predicted molar refractivity (Wildman–Crippen MR) is 89.5 cm³/mol. The van der Waals surface area contributed by atoms with Gasteiger partial charge in [-0.15, -0.1) is 6.42 Å². The van der Waals surface area contributed by atoms with Gasteiger partial charge < -0.3 is 4.57 Å². The van der Waals surface area contributed by atoms with Crippen LogP contribution in [0.5, 0.6) is 0 Å². The Kier molecular flexibility index (Phi) is 4.06. The summed E-state index contributed by atoms with van der Waals surface area (Å²) in [5.74, 6) is 2.03. The number of thiazole rings is 1. The molecule has 3 aromatic rings. The average Bonchev–Trinajstić information content (AvgIpc) is 3.14. The van der Waals surface area contributed by atoms with Crippen molar-refractivity contribution >= 4 is 43.8 Å². The molecule has 0 aliphatic carbocycles. The van der Waals surface area contributed by atoms with Gasteiger partial charge in [-0.2, -0.15) is 4.99 Å². The number of amides is 1. The number of para-hydroxylation sites is 1. The molecular weight excluding hydrogens is 334 g/mol. The van der Waals surface area contributed by atoms with Crippen LogP contribution in [0.4, 0.5) is 5.00 Å². The largest absolute Gasteiger partial charge is 0.324 e. The molecular formula is C15H9N3O3S2. The van der Waals surface area contributed by atoms with Gasteiger partial charge in [-0.25, -0.2) is 0 Å². The lowest BCUT2D eigenvalue weighted by Gasteiger charge is -1.98. The Bertz CT molecular complexity index is 1020. The lowest BCUT2D eigenvalue weighted by molar-refractivity contribution is -0.380. The highest BCUT2D eigenvalue weighted by atomic mass is 32.1. The molecule has 2 heterocycles. The minimum Gasteiger partial charge on any atom is -0.305 e. The summed E-state index contributed by atoms with van der Waals surface area (Å²) in [4.78, 5) is 27.2. The van der Waals surface area contributed by atoms with Crippen molar-refractivity contribution in [2.45, 2.75) is 6.54 Å². The molecule has 114 valence electrons. The molecule has 1 amide bonds. The van der Waals surface area contributed by atoms with Gasteiger partial charge in [0.05, 0.1) is 21.7 Å². The number of nitrogens with zero attached hydrogens (tertiary/aromatic N) is 3. The van der Waals surface area contributed by atoms with E-state index in [1.165, 1.54) is 23.5 Å². The minimum atomic E-state index is -0.528. The molecule has 0 aliphatic heterocycles. The fourth-order valence-corrected chi connectivity index (χ4v) is 3.77. The lowest BCUT2D eigenvalue weighted by atomic mass is 10.3. The number of nitro groups is 1. The molecule has 0 saturated heterocycles. The van der Waals surface area contributed by atoms with E-state index >= 15 is 0 Å². The zero-order valence-corrected chi connectivity index (χ0v) is 13.3. The van der Waals surface area contributed by atoms with E-state index in [2.05, 4.69) is 10.9 Å². The van der Waals surface area contributed by atoms with Gasteiger partial charge in [0.25, 0.3) is 5.91 Å². The minimum absolute atomic E-state index is 0.0867. The highest BCUT2D eigenvalue weighted by molar-refractivity contribution is 7.17. The molecule has 0 aliphatic rings. The van der Waals surface area contributed by atoms with Crippen LogP contribution >= 0.6 is 22.7 Å². The van der Waals surface area contributed by atoms with Crippen LogP contribution in [0.1, 0.15) is 9.67 Å². The Hall–Kier alpha value is -2.76. The van der Waals surface area contributed by atoms with Crippen LogP contribution in [-0.2, 0) is 6.54 Å². The number of hydrogen-bond donors (Lipinski definition) is 0. The number of hydrogen-bond acceptors (Lipinski definition) is 5. The van der Waals surface area contributed by atoms with Crippen LogP contribution in [0, 0.1) is 22.5 Å². The molecule has 0 saturated carbocycles. The van der Waals surface area contributed by atoms with Crippen molar-refractivity contribution in [1.29, 1.82) is 0 Å². The summed E-state index contributed by atoms with van der Waals surface area (Å²) in [5, 5.41) is 10.6. The van der Waals surface area contributed by atoms with Crippen molar-refractivity contribution in [2.24, 2.45) is 4.99 Å². The monoisotopic (exact) mass is 343 g/mol. The van der Waals surface area contributed by atoms with Gasteiger partial charge in [0.2, 0.25) is 0 Å². The van der Waals surface area contributed by atoms with Crippen LogP contribution in [0.15, 0.2) is 41.4 Å². The summed E-state index contributed by atoms with van der Waals surface area (Å²) in [7, 11) is 0. The highest BCUT2D eigenvalue weighted by Gasteiger charge is 2.15. The van der Waals surface area contributed by atoms with Gasteiger partial charge in [-0.05, 0) is 18.2 Å². The second kappa shape index (κ2) is 6.16. The number of terminal acetylenes is 1. The smallest absolute Gasteiger partial charge is 0.305 e.